The zero-order chi connectivity index (χ0) is 22.8. The summed E-state index contributed by atoms with van der Waals surface area (Å²) in [5.41, 5.74) is 16.2. The van der Waals surface area contributed by atoms with E-state index in [1.54, 1.807) is 5.56 Å². The highest BCUT2D eigenvalue weighted by Gasteiger charge is 2.21. The molecule has 0 saturated heterocycles. The fraction of sp³-hybridized carbons (Fsp3) is 0.375. The minimum absolute atomic E-state index is 0.415. The topological polar surface area (TPSA) is 0 Å². The molecule has 166 valence electrons. The fourth-order valence-electron chi connectivity index (χ4n) is 5.50. The standard InChI is InChI=1S/C32H38/c1-7-26-19-25(20-27(8-2)30(26)9-3)17-24-11-10-12-28(18-24)23(6)31-14-13-29-15-21(4)22(5)16-32(29)31/h10-12,14-16,18-20,23H,7-9,13,17H2,1-6H3. The molecule has 0 heteroatoms. The van der Waals surface area contributed by atoms with Gasteiger partial charge in [-0.25, -0.2) is 0 Å². The molecule has 1 atom stereocenters. The normalized spacial score (nSPS) is 13.8. The van der Waals surface area contributed by atoms with E-state index < -0.39 is 0 Å². The van der Waals surface area contributed by atoms with Crippen molar-refractivity contribution in [2.45, 2.75) is 79.6 Å². The highest BCUT2D eigenvalue weighted by atomic mass is 14.3. The van der Waals surface area contributed by atoms with Crippen LogP contribution in [0.2, 0.25) is 0 Å². The SMILES string of the molecule is CCc1cc(Cc2cccc(C(C)C3=CCc4cc(C)c(C)cc43)c2)cc(CC)c1CC. The Morgan fingerprint density at radius 3 is 2.12 bits per heavy atom. The lowest BCUT2D eigenvalue weighted by Crippen LogP contribution is -2.02. The minimum atomic E-state index is 0.415. The van der Waals surface area contributed by atoms with Crippen molar-refractivity contribution < 1.29 is 0 Å². The molecule has 0 fully saturated rings. The van der Waals surface area contributed by atoms with Gasteiger partial charge in [0.25, 0.3) is 0 Å². The van der Waals surface area contributed by atoms with Crippen molar-refractivity contribution >= 4 is 5.57 Å². The van der Waals surface area contributed by atoms with Gasteiger partial charge < -0.3 is 0 Å². The van der Waals surface area contributed by atoms with Crippen LogP contribution in [-0.4, -0.2) is 0 Å². The molecule has 0 N–H and O–H groups in total. The molecule has 32 heavy (non-hydrogen) atoms. The molecule has 0 saturated carbocycles. The molecule has 1 aliphatic rings. The van der Waals surface area contributed by atoms with E-state index in [0.717, 1.165) is 32.1 Å². The van der Waals surface area contributed by atoms with Gasteiger partial charge in [-0.3, -0.25) is 0 Å². The summed E-state index contributed by atoms with van der Waals surface area (Å²) in [6.45, 7) is 13.7. The molecule has 0 spiro atoms. The van der Waals surface area contributed by atoms with Gasteiger partial charge in [0.1, 0.15) is 0 Å². The van der Waals surface area contributed by atoms with Crippen molar-refractivity contribution in [1.82, 2.24) is 0 Å². The fourth-order valence-corrected chi connectivity index (χ4v) is 5.50. The smallest absolute Gasteiger partial charge is 0.00640 e. The second-order valence-electron chi connectivity index (χ2n) is 9.55. The van der Waals surface area contributed by atoms with Crippen LogP contribution < -0.4 is 0 Å². The first-order chi connectivity index (χ1) is 15.4. The van der Waals surface area contributed by atoms with Crippen molar-refractivity contribution in [3.05, 3.63) is 110 Å². The van der Waals surface area contributed by atoms with E-state index >= 15 is 0 Å². The Bertz CT molecular complexity index is 1130. The van der Waals surface area contributed by atoms with Crippen molar-refractivity contribution in [3.63, 3.8) is 0 Å². The number of rotatable bonds is 7. The van der Waals surface area contributed by atoms with E-state index in [4.69, 9.17) is 0 Å². The first-order valence-electron chi connectivity index (χ1n) is 12.5. The summed E-state index contributed by atoms with van der Waals surface area (Å²) in [6.07, 6.45) is 7.90. The van der Waals surface area contributed by atoms with Crippen molar-refractivity contribution in [3.8, 4) is 0 Å². The summed E-state index contributed by atoms with van der Waals surface area (Å²) >= 11 is 0. The van der Waals surface area contributed by atoms with Crippen LogP contribution in [0, 0.1) is 13.8 Å². The molecule has 0 radical (unpaired) electrons. The van der Waals surface area contributed by atoms with Gasteiger partial charge >= 0.3 is 0 Å². The number of hydrogen-bond donors (Lipinski definition) is 0. The predicted molar refractivity (Wildman–Crippen MR) is 140 cm³/mol. The summed E-state index contributed by atoms with van der Waals surface area (Å²) in [7, 11) is 0. The Morgan fingerprint density at radius 2 is 1.47 bits per heavy atom. The van der Waals surface area contributed by atoms with Gasteiger partial charge in [-0.05, 0) is 107 Å². The van der Waals surface area contributed by atoms with E-state index in [2.05, 4.69) is 96.1 Å². The zero-order valence-electron chi connectivity index (χ0n) is 20.8. The summed E-state index contributed by atoms with van der Waals surface area (Å²) in [5, 5.41) is 0. The second-order valence-corrected chi connectivity index (χ2v) is 9.55. The molecule has 3 aromatic rings. The summed E-state index contributed by atoms with van der Waals surface area (Å²) < 4.78 is 0. The van der Waals surface area contributed by atoms with Gasteiger partial charge in [0.2, 0.25) is 0 Å². The Labute approximate surface area is 195 Å². The predicted octanol–water partition coefficient (Wildman–Crippen LogP) is 8.32. The first kappa shape index (κ1) is 22.6. The lowest BCUT2D eigenvalue weighted by Gasteiger charge is -2.18. The average Bonchev–Trinajstić information content (AvgIpc) is 3.20. The van der Waals surface area contributed by atoms with Crippen LogP contribution in [0.1, 0.15) is 89.2 Å². The van der Waals surface area contributed by atoms with Gasteiger partial charge in [0.15, 0.2) is 0 Å². The number of fused-ring (bicyclic) bond motifs is 1. The number of hydrogen-bond acceptors (Lipinski definition) is 0. The monoisotopic (exact) mass is 422 g/mol. The molecule has 1 aliphatic carbocycles. The number of benzene rings is 3. The molecule has 4 rings (SSSR count). The van der Waals surface area contributed by atoms with Crippen LogP contribution in [0.4, 0.5) is 0 Å². The van der Waals surface area contributed by atoms with Gasteiger partial charge in [-0.2, -0.15) is 0 Å². The Balaban J connectivity index is 1.61. The zero-order valence-corrected chi connectivity index (χ0v) is 20.8. The van der Waals surface area contributed by atoms with Crippen molar-refractivity contribution in [1.29, 1.82) is 0 Å². The summed E-state index contributed by atoms with van der Waals surface area (Å²) in [5.74, 6) is 0.415. The quantitative estimate of drug-likeness (QED) is 0.359. The van der Waals surface area contributed by atoms with Crippen LogP contribution in [0.25, 0.3) is 5.57 Å². The van der Waals surface area contributed by atoms with Crippen LogP contribution in [-0.2, 0) is 32.1 Å². The van der Waals surface area contributed by atoms with E-state index in [1.807, 2.05) is 0 Å². The average molecular weight is 423 g/mol. The lowest BCUT2D eigenvalue weighted by molar-refractivity contribution is 0.962. The van der Waals surface area contributed by atoms with Crippen LogP contribution in [0.3, 0.4) is 0 Å². The minimum Gasteiger partial charge on any atom is -0.0757 e. The summed E-state index contributed by atoms with van der Waals surface area (Å²) in [6, 6.07) is 19.0. The van der Waals surface area contributed by atoms with Crippen LogP contribution in [0.15, 0.2) is 54.6 Å². The maximum absolute atomic E-state index is 2.45. The molecule has 0 bridgehead atoms. The number of allylic oxidation sites excluding steroid dienone is 2. The van der Waals surface area contributed by atoms with Crippen LogP contribution >= 0.6 is 0 Å². The maximum Gasteiger partial charge on any atom is 0.00640 e. The Kier molecular flexibility index (Phi) is 6.70. The third-order valence-electron chi connectivity index (χ3n) is 7.51. The third-order valence-corrected chi connectivity index (χ3v) is 7.51. The Morgan fingerprint density at radius 1 is 0.781 bits per heavy atom. The summed E-state index contributed by atoms with van der Waals surface area (Å²) in [4.78, 5) is 0. The van der Waals surface area contributed by atoms with Crippen molar-refractivity contribution in [2.24, 2.45) is 0 Å². The van der Waals surface area contributed by atoms with Crippen molar-refractivity contribution in [2.75, 3.05) is 0 Å². The van der Waals surface area contributed by atoms with E-state index in [9.17, 15) is 0 Å². The molecule has 3 aromatic carbocycles. The molecule has 0 heterocycles. The highest BCUT2D eigenvalue weighted by molar-refractivity contribution is 5.78. The Hall–Kier alpha value is -2.60. The molecule has 0 amide bonds. The molecule has 0 aromatic heterocycles. The highest BCUT2D eigenvalue weighted by Crippen LogP contribution is 2.39. The van der Waals surface area contributed by atoms with E-state index in [-0.39, 0.29) is 0 Å². The van der Waals surface area contributed by atoms with E-state index in [1.165, 1.54) is 55.6 Å². The van der Waals surface area contributed by atoms with Gasteiger partial charge in [0, 0.05) is 5.92 Å². The van der Waals surface area contributed by atoms with E-state index in [0.29, 0.717) is 5.92 Å². The molecular weight excluding hydrogens is 384 g/mol. The number of aryl methyl sites for hydroxylation is 4. The van der Waals surface area contributed by atoms with Gasteiger partial charge in [-0.1, -0.05) is 82.3 Å². The lowest BCUT2D eigenvalue weighted by atomic mass is 9.86. The first-order valence-corrected chi connectivity index (χ1v) is 12.5. The molecule has 0 nitrogen and oxygen atoms in total. The maximum atomic E-state index is 2.45. The largest absolute Gasteiger partial charge is 0.0757 e. The van der Waals surface area contributed by atoms with Gasteiger partial charge in [-0.15, -0.1) is 0 Å². The van der Waals surface area contributed by atoms with Crippen LogP contribution in [0.5, 0.6) is 0 Å². The molecular formula is C32H38. The molecule has 1 unspecified atom stereocenters. The van der Waals surface area contributed by atoms with Gasteiger partial charge in [0.05, 0.1) is 0 Å². The third kappa shape index (κ3) is 4.33. The second kappa shape index (κ2) is 9.49. The molecule has 0 aliphatic heterocycles.